The minimum atomic E-state index is -4.51. The van der Waals surface area contributed by atoms with Gasteiger partial charge in [0.05, 0.1) is 22.5 Å². The number of rotatable bonds is 2. The molecule has 100 valence electrons. The Kier molecular flexibility index (Phi) is 3.51. The van der Waals surface area contributed by atoms with Gasteiger partial charge in [0.15, 0.2) is 0 Å². The fourth-order valence-corrected chi connectivity index (χ4v) is 1.87. The van der Waals surface area contributed by atoms with Crippen LogP contribution < -0.4 is 5.73 Å². The summed E-state index contributed by atoms with van der Waals surface area (Å²) in [5.74, 6) is 0. The quantitative estimate of drug-likeness (QED) is 0.867. The summed E-state index contributed by atoms with van der Waals surface area (Å²) in [6.45, 7) is 0. The van der Waals surface area contributed by atoms with Gasteiger partial charge in [0.1, 0.15) is 4.99 Å². The molecule has 3 nitrogen and oxygen atoms in total. The van der Waals surface area contributed by atoms with Crippen molar-refractivity contribution in [3.63, 3.8) is 0 Å². The Labute approximate surface area is 116 Å². The van der Waals surface area contributed by atoms with Crippen molar-refractivity contribution in [2.75, 3.05) is 0 Å². The number of benzene rings is 1. The van der Waals surface area contributed by atoms with Gasteiger partial charge in [-0.05, 0) is 18.2 Å². The first-order valence-corrected chi connectivity index (χ1v) is 5.79. The molecule has 0 saturated carbocycles. The lowest BCUT2D eigenvalue weighted by atomic mass is 10.1. The van der Waals surface area contributed by atoms with Crippen molar-refractivity contribution in [3.8, 4) is 5.69 Å². The van der Waals surface area contributed by atoms with Crippen LogP contribution in [0.15, 0.2) is 30.6 Å². The lowest BCUT2D eigenvalue weighted by Crippen LogP contribution is -2.18. The second-order valence-corrected chi connectivity index (χ2v) is 4.57. The monoisotopic (exact) mass is 305 g/mol. The van der Waals surface area contributed by atoms with Crippen LogP contribution in [0.4, 0.5) is 13.2 Å². The zero-order chi connectivity index (χ0) is 14.2. The summed E-state index contributed by atoms with van der Waals surface area (Å²) >= 11 is 10.4. The molecule has 2 aromatic rings. The van der Waals surface area contributed by atoms with Gasteiger partial charge in [-0.1, -0.05) is 23.8 Å². The van der Waals surface area contributed by atoms with Gasteiger partial charge in [0.2, 0.25) is 0 Å². The molecule has 0 amide bonds. The van der Waals surface area contributed by atoms with Gasteiger partial charge in [0, 0.05) is 11.8 Å². The van der Waals surface area contributed by atoms with Gasteiger partial charge in [-0.15, -0.1) is 0 Å². The minimum absolute atomic E-state index is 0.244. The lowest BCUT2D eigenvalue weighted by Gasteiger charge is -2.13. The van der Waals surface area contributed by atoms with E-state index >= 15 is 0 Å². The van der Waals surface area contributed by atoms with E-state index in [1.165, 1.54) is 29.2 Å². The molecule has 0 atom stereocenters. The van der Waals surface area contributed by atoms with Crippen molar-refractivity contribution in [2.24, 2.45) is 5.73 Å². The molecule has 1 aromatic carbocycles. The van der Waals surface area contributed by atoms with E-state index in [1.807, 2.05) is 0 Å². The Balaban J connectivity index is 2.57. The predicted octanol–water partition coefficient (Wildman–Crippen LogP) is 3.18. The van der Waals surface area contributed by atoms with Crippen LogP contribution in [0.25, 0.3) is 5.69 Å². The molecule has 19 heavy (non-hydrogen) atoms. The first-order valence-electron chi connectivity index (χ1n) is 5.00. The van der Waals surface area contributed by atoms with Crippen LogP contribution >= 0.6 is 23.8 Å². The van der Waals surface area contributed by atoms with E-state index in [2.05, 4.69) is 17.3 Å². The van der Waals surface area contributed by atoms with Crippen LogP contribution in [0.3, 0.4) is 0 Å². The van der Waals surface area contributed by atoms with E-state index in [1.54, 1.807) is 0 Å². The van der Waals surface area contributed by atoms with Crippen molar-refractivity contribution in [3.05, 3.63) is 46.7 Å². The highest BCUT2D eigenvalue weighted by molar-refractivity contribution is 7.80. The SMILES string of the molecule is NC(=S)c1cc(-n2cc(Cl)cn2)ccc1C(F)(F)F. The molecule has 2 rings (SSSR count). The highest BCUT2D eigenvalue weighted by Gasteiger charge is 2.34. The van der Waals surface area contributed by atoms with Crippen LogP contribution in [0.1, 0.15) is 11.1 Å². The largest absolute Gasteiger partial charge is 0.417 e. The zero-order valence-electron chi connectivity index (χ0n) is 9.28. The molecule has 8 heteroatoms. The van der Waals surface area contributed by atoms with Gasteiger partial charge >= 0.3 is 6.18 Å². The second kappa shape index (κ2) is 4.82. The first kappa shape index (κ1) is 13.8. The third kappa shape index (κ3) is 2.87. The number of nitrogens with zero attached hydrogens (tertiary/aromatic N) is 2. The Morgan fingerprint density at radius 1 is 1.37 bits per heavy atom. The molecule has 1 aromatic heterocycles. The van der Waals surface area contributed by atoms with Crippen LogP contribution in [0.2, 0.25) is 5.02 Å². The Morgan fingerprint density at radius 3 is 2.53 bits per heavy atom. The zero-order valence-corrected chi connectivity index (χ0v) is 10.9. The fourth-order valence-electron chi connectivity index (χ4n) is 1.57. The molecule has 0 aliphatic carbocycles. The van der Waals surface area contributed by atoms with Crippen LogP contribution in [0, 0.1) is 0 Å². The first-order chi connectivity index (χ1) is 8.79. The van der Waals surface area contributed by atoms with Crippen molar-refractivity contribution < 1.29 is 13.2 Å². The summed E-state index contributed by atoms with van der Waals surface area (Å²) in [7, 11) is 0. The molecule has 0 fully saturated rings. The summed E-state index contributed by atoms with van der Waals surface area (Å²) in [5, 5.41) is 4.27. The number of hydrogen-bond acceptors (Lipinski definition) is 2. The van der Waals surface area contributed by atoms with E-state index in [-0.39, 0.29) is 10.6 Å². The van der Waals surface area contributed by atoms with Gasteiger partial charge in [-0.25, -0.2) is 4.68 Å². The standard InChI is InChI=1S/C11H7ClF3N3S/c12-6-4-17-18(5-6)7-1-2-9(11(13,14)15)8(3-7)10(16)19/h1-5H,(H2,16,19). The van der Waals surface area contributed by atoms with E-state index in [4.69, 9.17) is 17.3 Å². The average molecular weight is 306 g/mol. The normalized spacial score (nSPS) is 11.6. The number of alkyl halides is 3. The van der Waals surface area contributed by atoms with Crippen LogP contribution in [-0.2, 0) is 6.18 Å². The molecule has 0 radical (unpaired) electrons. The Bertz CT molecular complexity index is 636. The number of aromatic nitrogens is 2. The maximum atomic E-state index is 12.8. The summed E-state index contributed by atoms with van der Waals surface area (Å²) < 4.78 is 39.7. The second-order valence-electron chi connectivity index (χ2n) is 3.70. The smallest absolute Gasteiger partial charge is 0.389 e. The van der Waals surface area contributed by atoms with E-state index in [0.717, 1.165) is 6.07 Å². The van der Waals surface area contributed by atoms with Crippen LogP contribution in [0.5, 0.6) is 0 Å². The molecule has 0 bridgehead atoms. The Hall–Kier alpha value is -1.60. The average Bonchev–Trinajstić information content (AvgIpc) is 2.74. The van der Waals surface area contributed by atoms with E-state index in [0.29, 0.717) is 10.7 Å². The molecule has 0 aliphatic rings. The maximum Gasteiger partial charge on any atom is 0.417 e. The molecule has 0 spiro atoms. The number of thiocarbonyl (C=S) groups is 1. The van der Waals surface area contributed by atoms with E-state index in [9.17, 15) is 13.2 Å². The number of nitrogens with two attached hydrogens (primary N) is 1. The van der Waals surface area contributed by atoms with E-state index < -0.39 is 11.7 Å². The summed E-state index contributed by atoms with van der Waals surface area (Å²) in [6, 6.07) is 3.42. The van der Waals surface area contributed by atoms with Gasteiger partial charge in [0.25, 0.3) is 0 Å². The predicted molar refractivity (Wildman–Crippen MR) is 69.5 cm³/mol. The van der Waals surface area contributed by atoms with Crippen molar-refractivity contribution in [2.45, 2.75) is 6.18 Å². The third-order valence-corrected chi connectivity index (χ3v) is 2.80. The molecule has 0 unspecified atom stereocenters. The van der Waals surface area contributed by atoms with Crippen molar-refractivity contribution >= 4 is 28.8 Å². The topological polar surface area (TPSA) is 43.8 Å². The molecule has 0 aliphatic heterocycles. The van der Waals surface area contributed by atoms with Gasteiger partial charge < -0.3 is 5.73 Å². The third-order valence-electron chi connectivity index (χ3n) is 2.39. The number of hydrogen-bond donors (Lipinski definition) is 1. The van der Waals surface area contributed by atoms with Crippen molar-refractivity contribution in [1.29, 1.82) is 0 Å². The molecule has 0 saturated heterocycles. The summed E-state index contributed by atoms with van der Waals surface area (Å²) in [4.78, 5) is -0.326. The summed E-state index contributed by atoms with van der Waals surface area (Å²) in [5.41, 5.74) is 4.61. The van der Waals surface area contributed by atoms with Gasteiger partial charge in [-0.3, -0.25) is 0 Å². The van der Waals surface area contributed by atoms with Crippen molar-refractivity contribution in [1.82, 2.24) is 9.78 Å². The maximum absolute atomic E-state index is 12.8. The minimum Gasteiger partial charge on any atom is -0.389 e. The molecule has 1 heterocycles. The summed E-state index contributed by atoms with van der Waals surface area (Å²) in [6.07, 6.45) is -1.67. The lowest BCUT2D eigenvalue weighted by molar-refractivity contribution is -0.137. The molecule has 2 N–H and O–H groups in total. The fraction of sp³-hybridized carbons (Fsp3) is 0.0909. The molecular formula is C11H7ClF3N3S. The highest BCUT2D eigenvalue weighted by atomic mass is 35.5. The number of halogens is 4. The Morgan fingerprint density at radius 2 is 2.05 bits per heavy atom. The van der Waals surface area contributed by atoms with Crippen LogP contribution in [-0.4, -0.2) is 14.8 Å². The molecular weight excluding hydrogens is 299 g/mol. The van der Waals surface area contributed by atoms with Gasteiger partial charge in [-0.2, -0.15) is 18.3 Å². The highest BCUT2D eigenvalue weighted by Crippen LogP contribution is 2.33.